The lowest BCUT2D eigenvalue weighted by Gasteiger charge is -2.14. The Labute approximate surface area is 265 Å². The Bertz CT molecular complexity index is 2650. The molecule has 0 amide bonds. The molecule has 0 spiro atoms. The minimum Gasteiger partial charge on any atom is -0.456 e. The van der Waals surface area contributed by atoms with Crippen molar-refractivity contribution in [1.82, 2.24) is 0 Å². The molecule has 0 radical (unpaired) electrons. The Hall–Kier alpha value is -6.37. The Morgan fingerprint density at radius 3 is 1.63 bits per heavy atom. The van der Waals surface area contributed by atoms with Gasteiger partial charge in [0.15, 0.2) is 0 Å². The topological polar surface area (TPSA) is 50.1 Å². The highest BCUT2D eigenvalue weighted by molar-refractivity contribution is 6.07. The summed E-state index contributed by atoms with van der Waals surface area (Å²) in [5.74, 6) is 0. The van der Waals surface area contributed by atoms with Crippen LogP contribution in [0, 0.1) is 11.3 Å². The van der Waals surface area contributed by atoms with Gasteiger partial charge in [0.25, 0.3) is 0 Å². The first kappa shape index (κ1) is 26.1. The van der Waals surface area contributed by atoms with Crippen LogP contribution in [-0.2, 0) is 0 Å². The fourth-order valence-electron chi connectivity index (χ4n) is 6.70. The number of nitriles is 1. The molecule has 0 unspecified atom stereocenters. The Morgan fingerprint density at radius 2 is 0.891 bits per heavy atom. The summed E-state index contributed by atoms with van der Waals surface area (Å²) in [6.07, 6.45) is 0. The Kier molecular flexibility index (Phi) is 5.88. The lowest BCUT2D eigenvalue weighted by Crippen LogP contribution is -1.92. The van der Waals surface area contributed by atoms with E-state index in [1.807, 2.05) is 78.9 Å². The second kappa shape index (κ2) is 10.4. The largest absolute Gasteiger partial charge is 0.456 e. The lowest BCUT2D eigenvalue weighted by atomic mass is 9.88. The molecule has 0 saturated heterocycles. The number of nitrogens with zero attached hydrogens (tertiary/aromatic N) is 1. The van der Waals surface area contributed by atoms with Crippen LogP contribution in [0.1, 0.15) is 5.56 Å². The Balaban J connectivity index is 1.28. The third kappa shape index (κ3) is 4.20. The van der Waals surface area contributed by atoms with Crippen LogP contribution in [0.2, 0.25) is 0 Å². The van der Waals surface area contributed by atoms with Gasteiger partial charge in [-0.2, -0.15) is 5.26 Å². The number of rotatable bonds is 4. The summed E-state index contributed by atoms with van der Waals surface area (Å²) >= 11 is 0. The molecule has 3 nitrogen and oxygen atoms in total. The highest BCUT2D eigenvalue weighted by atomic mass is 16.3. The monoisotopic (exact) mass is 587 g/mol. The van der Waals surface area contributed by atoms with E-state index in [4.69, 9.17) is 8.83 Å². The highest BCUT2D eigenvalue weighted by Gasteiger charge is 2.16. The van der Waals surface area contributed by atoms with Crippen LogP contribution in [-0.4, -0.2) is 0 Å². The average Bonchev–Trinajstić information content (AvgIpc) is 3.69. The van der Waals surface area contributed by atoms with Gasteiger partial charge in [-0.3, -0.25) is 0 Å². The molecule has 2 heterocycles. The molecule has 9 rings (SSSR count). The van der Waals surface area contributed by atoms with Gasteiger partial charge in [-0.25, -0.2) is 0 Å². The number of hydrogen-bond acceptors (Lipinski definition) is 3. The van der Waals surface area contributed by atoms with Crippen molar-refractivity contribution in [3.63, 3.8) is 0 Å². The van der Waals surface area contributed by atoms with Crippen LogP contribution in [0.4, 0.5) is 0 Å². The van der Waals surface area contributed by atoms with Crippen molar-refractivity contribution >= 4 is 43.9 Å². The molecule has 0 bridgehead atoms. The lowest BCUT2D eigenvalue weighted by molar-refractivity contribution is 0.668. The summed E-state index contributed by atoms with van der Waals surface area (Å²) < 4.78 is 12.4. The predicted molar refractivity (Wildman–Crippen MR) is 187 cm³/mol. The molecule has 9 aromatic rings. The molecule has 0 N–H and O–H groups in total. The maximum atomic E-state index is 10.5. The van der Waals surface area contributed by atoms with Crippen LogP contribution in [0.5, 0.6) is 0 Å². The molecule has 7 aromatic carbocycles. The zero-order chi connectivity index (χ0) is 30.6. The zero-order valence-corrected chi connectivity index (χ0v) is 24.7. The van der Waals surface area contributed by atoms with E-state index in [0.717, 1.165) is 88.4 Å². The van der Waals surface area contributed by atoms with Gasteiger partial charge in [0.2, 0.25) is 0 Å². The first-order valence-corrected chi connectivity index (χ1v) is 15.3. The summed E-state index contributed by atoms with van der Waals surface area (Å²) in [7, 11) is 0. The van der Waals surface area contributed by atoms with Crippen LogP contribution < -0.4 is 0 Å². The molecule has 0 aliphatic rings. The molecular weight excluding hydrogens is 562 g/mol. The van der Waals surface area contributed by atoms with Crippen LogP contribution >= 0.6 is 0 Å². The molecule has 2 aromatic heterocycles. The number of fused-ring (bicyclic) bond motifs is 6. The molecule has 0 fully saturated rings. The minimum atomic E-state index is 0.654. The van der Waals surface area contributed by atoms with Crippen molar-refractivity contribution in [2.45, 2.75) is 0 Å². The molecular formula is C43H25NO2. The van der Waals surface area contributed by atoms with Gasteiger partial charge >= 0.3 is 0 Å². The van der Waals surface area contributed by atoms with E-state index in [9.17, 15) is 5.26 Å². The van der Waals surface area contributed by atoms with E-state index in [0.29, 0.717) is 5.56 Å². The fraction of sp³-hybridized carbons (Fsp3) is 0. The van der Waals surface area contributed by atoms with Crippen molar-refractivity contribution in [2.75, 3.05) is 0 Å². The second-order valence-corrected chi connectivity index (χ2v) is 11.6. The van der Waals surface area contributed by atoms with Crippen LogP contribution in [0.25, 0.3) is 88.4 Å². The minimum absolute atomic E-state index is 0.654. The maximum absolute atomic E-state index is 10.5. The molecule has 0 aliphatic carbocycles. The third-order valence-corrected chi connectivity index (χ3v) is 8.93. The Morgan fingerprint density at radius 1 is 0.348 bits per heavy atom. The van der Waals surface area contributed by atoms with Gasteiger partial charge in [-0.1, -0.05) is 97.1 Å². The van der Waals surface area contributed by atoms with Crippen LogP contribution in [0.15, 0.2) is 160 Å². The molecule has 46 heavy (non-hydrogen) atoms. The van der Waals surface area contributed by atoms with E-state index in [1.165, 1.54) is 0 Å². The van der Waals surface area contributed by atoms with E-state index in [-0.39, 0.29) is 0 Å². The smallest absolute Gasteiger partial charge is 0.136 e. The van der Waals surface area contributed by atoms with Crippen molar-refractivity contribution in [2.24, 2.45) is 0 Å². The van der Waals surface area contributed by atoms with Gasteiger partial charge < -0.3 is 8.83 Å². The SMILES string of the molecule is N#Cc1c(-c2ccccc2)cccc1-c1cc(-c2ccc3c(c2)oc2ccccc23)cc(-c2ccc3oc4ccccc4c3c2)c1. The van der Waals surface area contributed by atoms with E-state index in [1.54, 1.807) is 0 Å². The number of furan rings is 2. The predicted octanol–water partition coefficient (Wildman–Crippen LogP) is 12.0. The molecule has 0 aliphatic heterocycles. The van der Waals surface area contributed by atoms with Gasteiger partial charge in [-0.05, 0) is 88.0 Å². The second-order valence-electron chi connectivity index (χ2n) is 11.6. The van der Waals surface area contributed by atoms with Crippen molar-refractivity contribution < 1.29 is 8.83 Å². The quantitative estimate of drug-likeness (QED) is 0.206. The van der Waals surface area contributed by atoms with Crippen molar-refractivity contribution in [1.29, 1.82) is 5.26 Å². The number of para-hydroxylation sites is 2. The summed E-state index contributed by atoms with van der Waals surface area (Å²) in [6, 6.07) is 54.4. The standard InChI is InChI=1S/C43H25NO2/c44-26-39-33(27-9-2-1-3-10-27)13-8-14-34(39)32-22-30(28-18-20-42-38(24-28)36-12-5-7-16-41(36)45-42)21-31(23-32)29-17-19-37-35-11-4-6-15-40(35)46-43(37)25-29/h1-25H. The summed E-state index contributed by atoms with van der Waals surface area (Å²) in [5, 5.41) is 14.9. The van der Waals surface area contributed by atoms with Crippen molar-refractivity contribution in [3.05, 3.63) is 157 Å². The van der Waals surface area contributed by atoms with E-state index >= 15 is 0 Å². The first-order chi connectivity index (χ1) is 22.7. The summed E-state index contributed by atoms with van der Waals surface area (Å²) in [6.45, 7) is 0. The van der Waals surface area contributed by atoms with Gasteiger partial charge in [-0.15, -0.1) is 0 Å². The number of hydrogen-bond donors (Lipinski definition) is 0. The summed E-state index contributed by atoms with van der Waals surface area (Å²) in [4.78, 5) is 0. The van der Waals surface area contributed by atoms with Gasteiger partial charge in [0.1, 0.15) is 28.4 Å². The zero-order valence-electron chi connectivity index (χ0n) is 24.7. The van der Waals surface area contributed by atoms with E-state index in [2.05, 4.69) is 78.9 Å². The van der Waals surface area contributed by atoms with E-state index < -0.39 is 0 Å². The molecule has 0 atom stereocenters. The normalized spacial score (nSPS) is 11.5. The van der Waals surface area contributed by atoms with Crippen LogP contribution in [0.3, 0.4) is 0 Å². The third-order valence-electron chi connectivity index (χ3n) is 8.93. The first-order valence-electron chi connectivity index (χ1n) is 15.3. The van der Waals surface area contributed by atoms with Gasteiger partial charge in [0, 0.05) is 32.7 Å². The summed E-state index contributed by atoms with van der Waals surface area (Å²) in [5.41, 5.74) is 12.1. The average molecular weight is 588 g/mol. The number of benzene rings is 7. The highest BCUT2D eigenvalue weighted by Crippen LogP contribution is 2.40. The fourth-order valence-corrected chi connectivity index (χ4v) is 6.70. The molecule has 214 valence electrons. The van der Waals surface area contributed by atoms with Gasteiger partial charge in [0.05, 0.1) is 5.56 Å². The maximum Gasteiger partial charge on any atom is 0.136 e. The molecule has 0 saturated carbocycles. The molecule has 3 heteroatoms. The van der Waals surface area contributed by atoms with Crippen molar-refractivity contribution in [3.8, 4) is 50.6 Å².